The van der Waals surface area contributed by atoms with Crippen LogP contribution < -0.4 is 10.6 Å². The summed E-state index contributed by atoms with van der Waals surface area (Å²) in [5.41, 5.74) is -0.789. The zero-order chi connectivity index (χ0) is 10.8. The molecule has 1 aliphatic heterocycles. The van der Waals surface area contributed by atoms with Gasteiger partial charge in [0.2, 0.25) is 5.91 Å². The molecule has 0 radical (unpaired) electrons. The van der Waals surface area contributed by atoms with Crippen LogP contribution in [0.5, 0.6) is 0 Å². The predicted molar refractivity (Wildman–Crippen MR) is 51.7 cm³/mol. The highest BCUT2D eigenvalue weighted by Crippen LogP contribution is 2.14. The molecular weight excluding hydrogens is 184 g/mol. The molecule has 0 aliphatic carbocycles. The second-order valence-corrected chi connectivity index (χ2v) is 4.35. The number of aliphatic hydroxyl groups excluding tert-OH is 2. The maximum Gasteiger partial charge on any atom is 0.228 e. The number of nitrogens with one attached hydrogen (secondary N) is 2. The van der Waals surface area contributed by atoms with Gasteiger partial charge in [-0.15, -0.1) is 0 Å². The number of carbonyl (C=O) groups excluding carboxylic acids is 1. The highest BCUT2D eigenvalue weighted by Gasteiger charge is 2.32. The molecule has 0 spiro atoms. The van der Waals surface area contributed by atoms with Crippen molar-refractivity contribution in [2.45, 2.75) is 26.0 Å². The topological polar surface area (TPSA) is 81.6 Å². The monoisotopic (exact) mass is 202 g/mol. The van der Waals surface area contributed by atoms with Gasteiger partial charge in [0.05, 0.1) is 24.2 Å². The highest BCUT2D eigenvalue weighted by molar-refractivity contribution is 5.82. The van der Waals surface area contributed by atoms with Crippen LogP contribution in [-0.4, -0.2) is 48.0 Å². The molecule has 1 aliphatic rings. The van der Waals surface area contributed by atoms with Gasteiger partial charge >= 0.3 is 0 Å². The van der Waals surface area contributed by atoms with E-state index in [1.807, 2.05) is 0 Å². The Morgan fingerprint density at radius 1 is 1.57 bits per heavy atom. The van der Waals surface area contributed by atoms with E-state index >= 15 is 0 Å². The quantitative estimate of drug-likeness (QED) is 0.447. The lowest BCUT2D eigenvalue weighted by Gasteiger charge is -2.24. The van der Waals surface area contributed by atoms with E-state index in [9.17, 15) is 9.90 Å². The van der Waals surface area contributed by atoms with Crippen molar-refractivity contribution >= 4 is 5.91 Å². The Morgan fingerprint density at radius 2 is 2.21 bits per heavy atom. The van der Waals surface area contributed by atoms with Gasteiger partial charge in [-0.2, -0.15) is 0 Å². The van der Waals surface area contributed by atoms with E-state index in [1.165, 1.54) is 0 Å². The van der Waals surface area contributed by atoms with Gasteiger partial charge in [0, 0.05) is 13.1 Å². The summed E-state index contributed by atoms with van der Waals surface area (Å²) in [7, 11) is 0. The zero-order valence-electron chi connectivity index (χ0n) is 8.58. The van der Waals surface area contributed by atoms with Crippen LogP contribution in [0, 0.1) is 5.41 Å². The summed E-state index contributed by atoms with van der Waals surface area (Å²) >= 11 is 0. The van der Waals surface area contributed by atoms with Crippen molar-refractivity contribution in [3.63, 3.8) is 0 Å². The fourth-order valence-electron chi connectivity index (χ4n) is 1.25. The first-order valence-electron chi connectivity index (χ1n) is 4.78. The minimum absolute atomic E-state index is 0.199. The van der Waals surface area contributed by atoms with Crippen LogP contribution in [0.2, 0.25) is 0 Å². The Labute approximate surface area is 83.5 Å². The standard InChI is InChI=1S/C9H18N2O3/c1-9(2,5-12)8(14)11-6-3-10-4-7(6)13/h6-7,10,12-13H,3-5H2,1-2H3,(H,11,14). The predicted octanol–water partition coefficient (Wildman–Crippen LogP) is -1.55. The smallest absolute Gasteiger partial charge is 0.228 e. The number of hydrogen-bond acceptors (Lipinski definition) is 4. The molecule has 2 atom stereocenters. The number of β-amino-alcohol motifs (C(OH)–C–C–N with tert-alkyl or cyclic N) is 1. The van der Waals surface area contributed by atoms with Crippen LogP contribution >= 0.6 is 0 Å². The summed E-state index contributed by atoms with van der Waals surface area (Å²) in [6, 6.07) is -0.242. The molecule has 0 aromatic rings. The molecule has 0 saturated carbocycles. The maximum atomic E-state index is 11.6. The van der Waals surface area contributed by atoms with E-state index in [0.29, 0.717) is 13.1 Å². The Hall–Kier alpha value is -0.650. The largest absolute Gasteiger partial charge is 0.395 e. The summed E-state index contributed by atoms with van der Waals surface area (Å²) in [6.07, 6.45) is -0.534. The van der Waals surface area contributed by atoms with E-state index in [-0.39, 0.29) is 18.6 Å². The summed E-state index contributed by atoms with van der Waals surface area (Å²) in [4.78, 5) is 11.6. The summed E-state index contributed by atoms with van der Waals surface area (Å²) in [6.45, 7) is 4.21. The first kappa shape index (κ1) is 11.4. The molecule has 1 saturated heterocycles. The van der Waals surface area contributed by atoms with Crippen LogP contribution in [-0.2, 0) is 4.79 Å². The molecule has 4 N–H and O–H groups in total. The van der Waals surface area contributed by atoms with Gasteiger partial charge in [-0.1, -0.05) is 0 Å². The van der Waals surface area contributed by atoms with Crippen LogP contribution in [0.4, 0.5) is 0 Å². The lowest BCUT2D eigenvalue weighted by atomic mass is 9.93. The molecule has 1 fully saturated rings. The molecule has 5 heteroatoms. The first-order valence-corrected chi connectivity index (χ1v) is 4.78. The molecule has 82 valence electrons. The Bertz CT molecular complexity index is 218. The van der Waals surface area contributed by atoms with E-state index in [4.69, 9.17) is 5.11 Å². The molecule has 1 heterocycles. The first-order chi connectivity index (χ1) is 6.47. The highest BCUT2D eigenvalue weighted by atomic mass is 16.3. The normalized spacial score (nSPS) is 27.7. The minimum atomic E-state index is -0.789. The second-order valence-electron chi connectivity index (χ2n) is 4.35. The van der Waals surface area contributed by atoms with Crippen LogP contribution in [0.25, 0.3) is 0 Å². The molecule has 0 aromatic heterocycles. The lowest BCUT2D eigenvalue weighted by Crippen LogP contribution is -2.49. The van der Waals surface area contributed by atoms with Crippen LogP contribution in [0.3, 0.4) is 0 Å². The fourth-order valence-corrected chi connectivity index (χ4v) is 1.25. The molecular formula is C9H18N2O3. The number of carbonyl (C=O) groups is 1. The number of amides is 1. The van der Waals surface area contributed by atoms with Gasteiger partial charge < -0.3 is 20.8 Å². The lowest BCUT2D eigenvalue weighted by molar-refractivity contribution is -0.132. The number of hydrogen-bond donors (Lipinski definition) is 4. The maximum absolute atomic E-state index is 11.6. The van der Waals surface area contributed by atoms with Gasteiger partial charge in [0.1, 0.15) is 0 Å². The minimum Gasteiger partial charge on any atom is -0.395 e. The molecule has 0 aromatic carbocycles. The van der Waals surface area contributed by atoms with E-state index < -0.39 is 11.5 Å². The van der Waals surface area contributed by atoms with Gasteiger partial charge in [-0.05, 0) is 13.8 Å². The summed E-state index contributed by atoms with van der Waals surface area (Å²) in [5, 5.41) is 24.1. The average molecular weight is 202 g/mol. The third kappa shape index (κ3) is 2.43. The zero-order valence-corrected chi connectivity index (χ0v) is 8.58. The SMILES string of the molecule is CC(C)(CO)C(=O)NC1CNCC1O. The Kier molecular flexibility index (Phi) is 3.47. The molecule has 1 amide bonds. The fraction of sp³-hybridized carbons (Fsp3) is 0.889. The van der Waals surface area contributed by atoms with Crippen LogP contribution in [0.1, 0.15) is 13.8 Å². The third-order valence-corrected chi connectivity index (χ3v) is 2.51. The van der Waals surface area contributed by atoms with Crippen molar-refractivity contribution in [1.29, 1.82) is 0 Å². The van der Waals surface area contributed by atoms with Crippen molar-refractivity contribution in [3.8, 4) is 0 Å². The number of rotatable bonds is 3. The van der Waals surface area contributed by atoms with E-state index in [2.05, 4.69) is 10.6 Å². The van der Waals surface area contributed by atoms with Crippen molar-refractivity contribution in [1.82, 2.24) is 10.6 Å². The second kappa shape index (κ2) is 4.25. The van der Waals surface area contributed by atoms with Gasteiger partial charge in [-0.25, -0.2) is 0 Å². The third-order valence-electron chi connectivity index (χ3n) is 2.51. The average Bonchev–Trinajstić information content (AvgIpc) is 2.52. The van der Waals surface area contributed by atoms with Crippen molar-refractivity contribution in [2.75, 3.05) is 19.7 Å². The molecule has 5 nitrogen and oxygen atoms in total. The Balaban J connectivity index is 2.48. The van der Waals surface area contributed by atoms with Crippen molar-refractivity contribution in [2.24, 2.45) is 5.41 Å². The number of aliphatic hydroxyl groups is 2. The van der Waals surface area contributed by atoms with Crippen LogP contribution in [0.15, 0.2) is 0 Å². The van der Waals surface area contributed by atoms with Gasteiger partial charge in [-0.3, -0.25) is 4.79 Å². The van der Waals surface area contributed by atoms with E-state index in [1.54, 1.807) is 13.8 Å². The summed E-state index contributed by atoms with van der Waals surface area (Å²) < 4.78 is 0. The van der Waals surface area contributed by atoms with E-state index in [0.717, 1.165) is 0 Å². The molecule has 2 unspecified atom stereocenters. The molecule has 0 bridgehead atoms. The van der Waals surface area contributed by atoms with Crippen molar-refractivity contribution in [3.05, 3.63) is 0 Å². The van der Waals surface area contributed by atoms with Gasteiger partial charge in [0.25, 0.3) is 0 Å². The Morgan fingerprint density at radius 3 is 2.64 bits per heavy atom. The molecule has 14 heavy (non-hydrogen) atoms. The summed E-state index contributed by atoms with van der Waals surface area (Å²) in [5.74, 6) is -0.229. The van der Waals surface area contributed by atoms with Crippen molar-refractivity contribution < 1.29 is 15.0 Å². The molecule has 1 rings (SSSR count). The van der Waals surface area contributed by atoms with Gasteiger partial charge in [0.15, 0.2) is 0 Å².